The Bertz CT molecular complexity index is 507. The third-order valence-corrected chi connectivity index (χ3v) is 2.52. The minimum atomic E-state index is 0.0288. The second-order valence-electron chi connectivity index (χ2n) is 4.15. The van der Waals surface area contributed by atoms with E-state index in [1.165, 1.54) is 6.21 Å². The first-order valence-electron chi connectivity index (χ1n) is 6.15. The summed E-state index contributed by atoms with van der Waals surface area (Å²) in [6.07, 6.45) is 1.55. The van der Waals surface area contributed by atoms with Gasteiger partial charge >= 0.3 is 0 Å². The number of nitrogens with one attached hydrogen (secondary N) is 1. The van der Waals surface area contributed by atoms with E-state index in [9.17, 15) is 0 Å². The van der Waals surface area contributed by atoms with Gasteiger partial charge in [-0.1, -0.05) is 11.6 Å². The SMILES string of the molecule is CCOc1cc(C=NNC(N)=S)c(Cl)cc1OC(C)C. The average molecular weight is 316 g/mol. The Morgan fingerprint density at radius 3 is 2.75 bits per heavy atom. The molecule has 0 aliphatic heterocycles. The number of hydrazone groups is 1. The van der Waals surface area contributed by atoms with Crippen molar-refractivity contribution in [2.75, 3.05) is 6.61 Å². The maximum Gasteiger partial charge on any atom is 0.184 e. The van der Waals surface area contributed by atoms with Gasteiger partial charge in [0.25, 0.3) is 0 Å². The Hall–Kier alpha value is -1.53. The molecule has 0 radical (unpaired) electrons. The van der Waals surface area contributed by atoms with Crippen LogP contribution in [-0.2, 0) is 0 Å². The van der Waals surface area contributed by atoms with Crippen molar-refractivity contribution in [3.63, 3.8) is 0 Å². The molecule has 1 rings (SSSR count). The third-order valence-electron chi connectivity index (χ3n) is 2.10. The van der Waals surface area contributed by atoms with Crippen LogP contribution in [0, 0.1) is 0 Å². The lowest BCUT2D eigenvalue weighted by Crippen LogP contribution is -2.24. The van der Waals surface area contributed by atoms with Crippen molar-refractivity contribution in [2.45, 2.75) is 26.9 Å². The van der Waals surface area contributed by atoms with Crippen LogP contribution in [0.3, 0.4) is 0 Å². The molecule has 0 aliphatic carbocycles. The fourth-order valence-corrected chi connectivity index (χ4v) is 1.68. The maximum atomic E-state index is 6.18. The Labute approximate surface area is 129 Å². The van der Waals surface area contributed by atoms with Gasteiger partial charge in [0.05, 0.1) is 23.9 Å². The fraction of sp³-hybridized carbons (Fsp3) is 0.385. The van der Waals surface area contributed by atoms with Crippen LogP contribution in [-0.4, -0.2) is 24.0 Å². The van der Waals surface area contributed by atoms with E-state index < -0.39 is 0 Å². The van der Waals surface area contributed by atoms with Crippen LogP contribution in [0.15, 0.2) is 17.2 Å². The molecule has 5 nitrogen and oxygen atoms in total. The van der Waals surface area contributed by atoms with Gasteiger partial charge in [0.15, 0.2) is 16.6 Å². The molecule has 0 saturated carbocycles. The molecule has 0 aromatic heterocycles. The summed E-state index contributed by atoms with van der Waals surface area (Å²) in [6, 6.07) is 3.46. The number of ether oxygens (including phenoxy) is 2. The molecule has 0 saturated heterocycles. The molecule has 20 heavy (non-hydrogen) atoms. The Balaban J connectivity index is 3.05. The molecule has 1 aromatic carbocycles. The summed E-state index contributed by atoms with van der Waals surface area (Å²) in [5.41, 5.74) is 8.42. The third kappa shape index (κ3) is 5.22. The van der Waals surface area contributed by atoms with E-state index in [1.807, 2.05) is 20.8 Å². The van der Waals surface area contributed by atoms with E-state index in [2.05, 4.69) is 22.7 Å². The molecule has 7 heteroatoms. The molecule has 0 fully saturated rings. The van der Waals surface area contributed by atoms with E-state index >= 15 is 0 Å². The van der Waals surface area contributed by atoms with Crippen LogP contribution in [0.5, 0.6) is 11.5 Å². The average Bonchev–Trinajstić information content (AvgIpc) is 2.33. The molecule has 0 unspecified atom stereocenters. The highest BCUT2D eigenvalue weighted by Gasteiger charge is 2.11. The molecule has 0 heterocycles. The minimum absolute atomic E-state index is 0.0288. The van der Waals surface area contributed by atoms with Crippen LogP contribution in [0.2, 0.25) is 5.02 Å². The normalized spacial score (nSPS) is 10.8. The number of rotatable bonds is 6. The Morgan fingerprint density at radius 2 is 2.20 bits per heavy atom. The lowest BCUT2D eigenvalue weighted by Gasteiger charge is -2.15. The highest BCUT2D eigenvalue weighted by atomic mass is 35.5. The fourth-order valence-electron chi connectivity index (χ4n) is 1.43. The zero-order valence-corrected chi connectivity index (χ0v) is 13.2. The van der Waals surface area contributed by atoms with Gasteiger partial charge in [-0.25, -0.2) is 0 Å². The van der Waals surface area contributed by atoms with Crippen molar-refractivity contribution in [2.24, 2.45) is 10.8 Å². The first-order chi connectivity index (χ1) is 9.43. The quantitative estimate of drug-likeness (QED) is 0.480. The van der Waals surface area contributed by atoms with Crippen LogP contribution >= 0.6 is 23.8 Å². The molecular formula is C13H18ClN3O2S. The molecule has 0 spiro atoms. The zero-order chi connectivity index (χ0) is 15.1. The number of hydrogen-bond donors (Lipinski definition) is 2. The number of nitrogens with two attached hydrogens (primary N) is 1. The van der Waals surface area contributed by atoms with Gasteiger partial charge in [0, 0.05) is 11.6 Å². The summed E-state index contributed by atoms with van der Waals surface area (Å²) in [7, 11) is 0. The summed E-state index contributed by atoms with van der Waals surface area (Å²) in [5, 5.41) is 4.45. The predicted octanol–water partition coefficient (Wildman–Crippen LogP) is 2.69. The lowest BCUT2D eigenvalue weighted by atomic mass is 10.2. The summed E-state index contributed by atoms with van der Waals surface area (Å²) in [5.74, 6) is 1.22. The first kappa shape index (κ1) is 16.5. The Morgan fingerprint density at radius 1 is 1.50 bits per heavy atom. The van der Waals surface area contributed by atoms with Gasteiger partial charge in [-0.15, -0.1) is 0 Å². The van der Waals surface area contributed by atoms with Gasteiger partial charge in [-0.2, -0.15) is 5.10 Å². The number of nitrogens with zero attached hydrogens (tertiary/aromatic N) is 1. The summed E-state index contributed by atoms with van der Waals surface area (Å²) in [6.45, 7) is 6.30. The summed E-state index contributed by atoms with van der Waals surface area (Å²) >= 11 is 10.8. The first-order valence-corrected chi connectivity index (χ1v) is 6.94. The number of thiocarbonyl (C=S) groups is 1. The van der Waals surface area contributed by atoms with Gasteiger partial charge in [-0.3, -0.25) is 5.43 Å². The number of benzene rings is 1. The molecule has 0 aliphatic rings. The summed E-state index contributed by atoms with van der Waals surface area (Å²) < 4.78 is 11.2. The van der Waals surface area contributed by atoms with Crippen molar-refractivity contribution in [3.05, 3.63) is 22.7 Å². The lowest BCUT2D eigenvalue weighted by molar-refractivity contribution is 0.224. The highest BCUT2D eigenvalue weighted by molar-refractivity contribution is 7.80. The van der Waals surface area contributed by atoms with Crippen molar-refractivity contribution < 1.29 is 9.47 Å². The van der Waals surface area contributed by atoms with Crippen LogP contribution < -0.4 is 20.6 Å². The van der Waals surface area contributed by atoms with Crippen LogP contribution in [0.25, 0.3) is 0 Å². The Kier molecular flexibility index (Phi) is 6.54. The monoisotopic (exact) mass is 315 g/mol. The van der Waals surface area contributed by atoms with Gasteiger partial charge in [-0.05, 0) is 39.1 Å². The smallest absolute Gasteiger partial charge is 0.184 e. The van der Waals surface area contributed by atoms with Crippen molar-refractivity contribution >= 4 is 35.1 Å². The maximum absolute atomic E-state index is 6.18. The van der Waals surface area contributed by atoms with Gasteiger partial charge in [0.2, 0.25) is 0 Å². The minimum Gasteiger partial charge on any atom is -0.490 e. The van der Waals surface area contributed by atoms with E-state index in [1.54, 1.807) is 12.1 Å². The second kappa shape index (κ2) is 7.91. The van der Waals surface area contributed by atoms with Crippen LogP contribution in [0.1, 0.15) is 26.3 Å². The van der Waals surface area contributed by atoms with Crippen LogP contribution in [0.4, 0.5) is 0 Å². The van der Waals surface area contributed by atoms with Crippen molar-refractivity contribution in [3.8, 4) is 11.5 Å². The predicted molar refractivity (Wildman–Crippen MR) is 85.9 cm³/mol. The molecule has 0 atom stereocenters. The zero-order valence-electron chi connectivity index (χ0n) is 11.6. The van der Waals surface area contributed by atoms with E-state index in [4.69, 9.17) is 26.8 Å². The highest BCUT2D eigenvalue weighted by Crippen LogP contribution is 2.33. The standard InChI is InChI=1S/C13H18ClN3O2S/c1-4-18-11-5-9(7-16-17-13(15)20)10(14)6-12(11)19-8(2)3/h5-8H,4H2,1-3H3,(H3,15,17,20). The molecule has 0 amide bonds. The summed E-state index contributed by atoms with van der Waals surface area (Å²) in [4.78, 5) is 0. The number of hydrogen-bond acceptors (Lipinski definition) is 4. The molecule has 0 bridgehead atoms. The largest absolute Gasteiger partial charge is 0.490 e. The van der Waals surface area contributed by atoms with Crippen molar-refractivity contribution in [1.29, 1.82) is 0 Å². The van der Waals surface area contributed by atoms with E-state index in [-0.39, 0.29) is 11.2 Å². The molecule has 3 N–H and O–H groups in total. The van der Waals surface area contributed by atoms with Gasteiger partial charge < -0.3 is 15.2 Å². The van der Waals surface area contributed by atoms with E-state index in [0.29, 0.717) is 28.7 Å². The molecular weight excluding hydrogens is 298 g/mol. The number of halogens is 1. The molecule has 110 valence electrons. The van der Waals surface area contributed by atoms with Crippen molar-refractivity contribution in [1.82, 2.24) is 5.43 Å². The topological polar surface area (TPSA) is 68.9 Å². The second-order valence-corrected chi connectivity index (χ2v) is 5.00. The molecule has 1 aromatic rings. The van der Waals surface area contributed by atoms with Gasteiger partial charge in [0.1, 0.15) is 0 Å². The van der Waals surface area contributed by atoms with E-state index in [0.717, 1.165) is 0 Å².